The number of rotatable bonds is 3. The molecule has 4 bridgehead atoms. The van der Waals surface area contributed by atoms with E-state index in [1.165, 1.54) is 38.5 Å². The van der Waals surface area contributed by atoms with Crippen LogP contribution in [0.3, 0.4) is 0 Å². The van der Waals surface area contributed by atoms with E-state index in [-0.39, 0.29) is 0 Å². The molecule has 5 rings (SSSR count). The average molecular weight is 262 g/mol. The summed E-state index contributed by atoms with van der Waals surface area (Å²) in [5.74, 6) is 3.29. The Morgan fingerprint density at radius 3 is 2.21 bits per heavy atom. The van der Waals surface area contributed by atoms with Gasteiger partial charge in [-0.05, 0) is 68.1 Å². The lowest BCUT2D eigenvalue weighted by Gasteiger charge is -2.60. The van der Waals surface area contributed by atoms with E-state index in [1.807, 2.05) is 0 Å². The number of carbonyl (C=O) groups is 1. The van der Waals surface area contributed by atoms with E-state index in [2.05, 4.69) is 4.90 Å². The number of carbonyl (C=O) groups excluding carboxylic acids is 1. The van der Waals surface area contributed by atoms with Gasteiger partial charge in [-0.25, -0.2) is 0 Å². The van der Waals surface area contributed by atoms with Gasteiger partial charge in [0.2, 0.25) is 5.91 Å². The van der Waals surface area contributed by atoms with Gasteiger partial charge >= 0.3 is 0 Å². The van der Waals surface area contributed by atoms with E-state index in [0.717, 1.165) is 37.1 Å². The molecule has 4 saturated carbocycles. The predicted octanol–water partition coefficient (Wildman–Crippen LogP) is 2.15. The van der Waals surface area contributed by atoms with Gasteiger partial charge in [0.1, 0.15) is 0 Å². The van der Waals surface area contributed by atoms with Gasteiger partial charge in [0, 0.05) is 25.6 Å². The Kier molecular flexibility index (Phi) is 2.70. The van der Waals surface area contributed by atoms with Gasteiger partial charge in [-0.2, -0.15) is 0 Å². The molecule has 19 heavy (non-hydrogen) atoms. The Morgan fingerprint density at radius 1 is 1.11 bits per heavy atom. The molecule has 0 aromatic heterocycles. The van der Waals surface area contributed by atoms with Crippen molar-refractivity contribution in [3.05, 3.63) is 0 Å². The summed E-state index contributed by atoms with van der Waals surface area (Å²) in [6, 6.07) is 0.525. The maximum Gasteiger partial charge on any atom is 0.222 e. The van der Waals surface area contributed by atoms with Crippen LogP contribution in [0, 0.1) is 23.2 Å². The van der Waals surface area contributed by atoms with Gasteiger partial charge in [-0.3, -0.25) is 4.79 Å². The van der Waals surface area contributed by atoms with Crippen molar-refractivity contribution in [1.82, 2.24) is 4.90 Å². The van der Waals surface area contributed by atoms with E-state index in [9.17, 15) is 4.79 Å². The zero-order valence-electron chi connectivity index (χ0n) is 11.8. The second-order valence-corrected chi connectivity index (χ2v) is 7.71. The molecule has 5 aliphatic rings. The Labute approximate surface area is 115 Å². The SMILES string of the molecule is NCCN1C(=O)CCC1C12CC3CC(CC(C3)C1)C2. The van der Waals surface area contributed by atoms with Crippen LogP contribution >= 0.6 is 0 Å². The van der Waals surface area contributed by atoms with Crippen LogP contribution in [0.2, 0.25) is 0 Å². The molecule has 3 nitrogen and oxygen atoms in total. The molecule has 0 aromatic rings. The van der Waals surface area contributed by atoms with Crippen molar-refractivity contribution in [3.8, 4) is 0 Å². The number of amides is 1. The number of hydrogen-bond donors (Lipinski definition) is 1. The molecule has 1 aliphatic heterocycles. The highest BCUT2D eigenvalue weighted by atomic mass is 16.2. The first-order chi connectivity index (χ1) is 9.20. The molecule has 1 atom stereocenters. The van der Waals surface area contributed by atoms with Crippen LogP contribution in [0.15, 0.2) is 0 Å². The first-order valence-electron chi connectivity index (χ1n) is 8.20. The minimum Gasteiger partial charge on any atom is -0.338 e. The molecule has 106 valence electrons. The van der Waals surface area contributed by atoms with Crippen molar-refractivity contribution in [1.29, 1.82) is 0 Å². The molecule has 4 aliphatic carbocycles. The van der Waals surface area contributed by atoms with Crippen molar-refractivity contribution in [2.45, 2.75) is 57.4 Å². The lowest BCUT2D eigenvalue weighted by atomic mass is 9.47. The minimum atomic E-state index is 0.367. The number of nitrogens with two attached hydrogens (primary N) is 1. The van der Waals surface area contributed by atoms with Crippen molar-refractivity contribution >= 4 is 5.91 Å². The van der Waals surface area contributed by atoms with E-state index in [4.69, 9.17) is 5.73 Å². The zero-order valence-corrected chi connectivity index (χ0v) is 11.8. The third-order valence-electron chi connectivity index (χ3n) is 6.49. The van der Waals surface area contributed by atoms with Crippen LogP contribution in [0.25, 0.3) is 0 Å². The van der Waals surface area contributed by atoms with Gasteiger partial charge in [-0.1, -0.05) is 0 Å². The molecule has 1 heterocycles. The quantitative estimate of drug-likeness (QED) is 0.847. The van der Waals surface area contributed by atoms with Crippen LogP contribution in [-0.4, -0.2) is 29.9 Å². The molecule has 0 radical (unpaired) electrons. The maximum atomic E-state index is 12.1. The third kappa shape index (κ3) is 1.77. The van der Waals surface area contributed by atoms with Crippen LogP contribution in [0.5, 0.6) is 0 Å². The predicted molar refractivity (Wildman–Crippen MR) is 74.4 cm³/mol. The van der Waals surface area contributed by atoms with E-state index >= 15 is 0 Å². The van der Waals surface area contributed by atoms with Gasteiger partial charge in [0.15, 0.2) is 0 Å². The highest BCUT2D eigenvalue weighted by molar-refractivity contribution is 5.79. The molecule has 3 heteroatoms. The fourth-order valence-corrected chi connectivity index (χ4v) is 6.38. The Balaban J connectivity index is 1.62. The molecular formula is C16H26N2O. The van der Waals surface area contributed by atoms with Crippen molar-refractivity contribution in [2.75, 3.05) is 13.1 Å². The number of nitrogens with zero attached hydrogens (tertiary/aromatic N) is 1. The van der Waals surface area contributed by atoms with Gasteiger partial charge in [-0.15, -0.1) is 0 Å². The number of likely N-dealkylation sites (tertiary alicyclic amines) is 1. The highest BCUT2D eigenvalue weighted by Gasteiger charge is 2.56. The number of hydrogen-bond acceptors (Lipinski definition) is 2. The first kappa shape index (κ1) is 12.2. The Bertz CT molecular complexity index is 357. The van der Waals surface area contributed by atoms with Crippen LogP contribution in [0.1, 0.15) is 51.4 Å². The maximum absolute atomic E-state index is 12.1. The zero-order chi connectivity index (χ0) is 13.0. The highest BCUT2D eigenvalue weighted by Crippen LogP contribution is 2.63. The summed E-state index contributed by atoms with van der Waals surface area (Å²) in [4.78, 5) is 14.3. The smallest absolute Gasteiger partial charge is 0.222 e. The third-order valence-corrected chi connectivity index (χ3v) is 6.49. The van der Waals surface area contributed by atoms with Gasteiger partial charge in [0.05, 0.1) is 0 Å². The first-order valence-corrected chi connectivity index (χ1v) is 8.20. The lowest BCUT2D eigenvalue weighted by Crippen LogP contribution is -2.56. The summed E-state index contributed by atoms with van der Waals surface area (Å²) in [7, 11) is 0. The van der Waals surface area contributed by atoms with E-state index < -0.39 is 0 Å². The topological polar surface area (TPSA) is 46.3 Å². The monoisotopic (exact) mass is 262 g/mol. The largest absolute Gasteiger partial charge is 0.338 e. The normalized spacial score (nSPS) is 48.3. The van der Waals surface area contributed by atoms with Crippen molar-refractivity contribution in [2.24, 2.45) is 28.9 Å². The fraction of sp³-hybridized carbons (Fsp3) is 0.938. The van der Waals surface area contributed by atoms with Gasteiger partial charge in [0.25, 0.3) is 0 Å². The summed E-state index contributed by atoms with van der Waals surface area (Å²) >= 11 is 0. The Hall–Kier alpha value is -0.570. The average Bonchev–Trinajstić information content (AvgIpc) is 2.70. The second kappa shape index (κ2) is 4.21. The van der Waals surface area contributed by atoms with Crippen molar-refractivity contribution in [3.63, 3.8) is 0 Å². The summed E-state index contributed by atoms with van der Waals surface area (Å²) in [5, 5.41) is 0. The van der Waals surface area contributed by atoms with Crippen molar-refractivity contribution < 1.29 is 4.79 Å². The van der Waals surface area contributed by atoms with Gasteiger partial charge < -0.3 is 10.6 Å². The molecule has 1 unspecified atom stereocenters. The lowest BCUT2D eigenvalue weighted by molar-refractivity contribution is -0.136. The minimum absolute atomic E-state index is 0.367. The summed E-state index contributed by atoms with van der Waals surface area (Å²) in [6.07, 6.45) is 10.5. The summed E-state index contributed by atoms with van der Waals surface area (Å²) in [6.45, 7) is 1.40. The van der Waals surface area contributed by atoms with Crippen LogP contribution in [-0.2, 0) is 4.79 Å². The van der Waals surface area contributed by atoms with E-state index in [1.54, 1.807) is 0 Å². The van der Waals surface area contributed by atoms with Crippen LogP contribution in [0.4, 0.5) is 0 Å². The Morgan fingerprint density at radius 2 is 1.68 bits per heavy atom. The second-order valence-electron chi connectivity index (χ2n) is 7.71. The molecule has 1 saturated heterocycles. The standard InChI is InChI=1S/C16H26N2O/c17-3-4-18-14(1-2-15(18)19)16-8-11-5-12(9-16)7-13(6-11)10-16/h11-14H,1-10,17H2. The molecule has 0 aromatic carbocycles. The molecule has 2 N–H and O–H groups in total. The molecule has 5 fully saturated rings. The van der Waals surface area contributed by atoms with E-state index in [0.29, 0.717) is 23.9 Å². The molecule has 1 amide bonds. The summed E-state index contributed by atoms with van der Waals surface area (Å²) < 4.78 is 0. The molecular weight excluding hydrogens is 236 g/mol. The van der Waals surface area contributed by atoms with Crippen LogP contribution < -0.4 is 5.73 Å². The molecule has 0 spiro atoms. The fourth-order valence-electron chi connectivity index (χ4n) is 6.38. The summed E-state index contributed by atoms with van der Waals surface area (Å²) in [5.41, 5.74) is 6.21.